The lowest BCUT2D eigenvalue weighted by molar-refractivity contribution is 0.434. The van der Waals surface area contributed by atoms with Crippen molar-refractivity contribution in [3.05, 3.63) is 0 Å². The van der Waals surface area contributed by atoms with E-state index in [1.807, 2.05) is 0 Å². The fourth-order valence-electron chi connectivity index (χ4n) is 2.84. The molecule has 0 N–H and O–H groups in total. The lowest BCUT2D eigenvalue weighted by Crippen LogP contribution is -2.32. The summed E-state index contributed by atoms with van der Waals surface area (Å²) in [7, 11) is 0. The number of hydrogen-bond donors (Lipinski definition) is 0. The van der Waals surface area contributed by atoms with Gasteiger partial charge >= 0.3 is 0 Å². The normalized spacial score (nSPS) is 19.4. The first-order valence-corrected chi connectivity index (χ1v) is 8.18. The maximum absolute atomic E-state index is 2.46. The third kappa shape index (κ3) is 6.74. The van der Waals surface area contributed by atoms with Crippen LogP contribution in [0, 0.1) is 11.8 Å². The van der Waals surface area contributed by atoms with Crippen molar-refractivity contribution >= 4 is 11.8 Å². The molecule has 0 saturated heterocycles. The fraction of sp³-hybridized carbons (Fsp3) is 1.00. The Labute approximate surface area is 114 Å². The van der Waals surface area contributed by atoms with Crippen molar-refractivity contribution < 1.29 is 0 Å². The Hall–Kier alpha value is 0.350. The van der Waals surface area contributed by atoms with E-state index >= 15 is 0 Å². The Kier molecular flexibility index (Phi) is 7.21. The molecule has 1 heteroatoms. The molecule has 0 saturated carbocycles. The Morgan fingerprint density at radius 1 is 0.765 bits per heavy atom. The van der Waals surface area contributed by atoms with Crippen LogP contribution >= 0.6 is 11.8 Å². The second-order valence-electron chi connectivity index (χ2n) is 6.90. The van der Waals surface area contributed by atoms with Gasteiger partial charge in [0, 0.05) is 9.49 Å². The van der Waals surface area contributed by atoms with Crippen LogP contribution in [0.2, 0.25) is 0 Å². The minimum Gasteiger partial charge on any atom is -0.149 e. The van der Waals surface area contributed by atoms with E-state index in [-0.39, 0.29) is 0 Å². The van der Waals surface area contributed by atoms with Gasteiger partial charge in [0.1, 0.15) is 0 Å². The summed E-state index contributed by atoms with van der Waals surface area (Å²) in [5.74, 6) is 1.60. The Bertz CT molecular complexity index is 188. The van der Waals surface area contributed by atoms with Gasteiger partial charge in [0.15, 0.2) is 0 Å². The molecule has 0 amide bonds. The van der Waals surface area contributed by atoms with Crippen LogP contribution in [0.5, 0.6) is 0 Å². The molecule has 0 aliphatic heterocycles. The highest BCUT2D eigenvalue weighted by Crippen LogP contribution is 2.47. The second-order valence-corrected chi connectivity index (χ2v) is 9.08. The van der Waals surface area contributed by atoms with Gasteiger partial charge in [-0.15, -0.1) is 11.8 Å². The zero-order valence-corrected chi connectivity index (χ0v) is 14.2. The summed E-state index contributed by atoms with van der Waals surface area (Å²) in [5, 5.41) is 0. The van der Waals surface area contributed by atoms with E-state index in [4.69, 9.17) is 0 Å². The van der Waals surface area contributed by atoms with Crippen molar-refractivity contribution in [1.82, 2.24) is 0 Å². The van der Waals surface area contributed by atoms with E-state index in [9.17, 15) is 0 Å². The summed E-state index contributed by atoms with van der Waals surface area (Å²) >= 11 is 2.25. The largest absolute Gasteiger partial charge is 0.149 e. The Balaban J connectivity index is 4.70. The van der Waals surface area contributed by atoms with Crippen molar-refractivity contribution in [2.75, 3.05) is 0 Å². The summed E-state index contributed by atoms with van der Waals surface area (Å²) in [5.41, 5.74) is 0. The van der Waals surface area contributed by atoms with Crippen LogP contribution in [0.3, 0.4) is 0 Å². The van der Waals surface area contributed by atoms with Crippen LogP contribution in [-0.2, 0) is 0 Å². The molecule has 0 fully saturated rings. The molecule has 0 aliphatic rings. The molecule has 0 spiro atoms. The van der Waals surface area contributed by atoms with Crippen molar-refractivity contribution in [1.29, 1.82) is 0 Å². The van der Waals surface area contributed by atoms with Gasteiger partial charge in [-0.3, -0.25) is 0 Å². The molecular weight excluding hydrogens is 224 g/mol. The first-order chi connectivity index (χ1) is 7.66. The average molecular weight is 259 g/mol. The molecule has 0 radical (unpaired) electrons. The first kappa shape index (κ1) is 17.4. The van der Waals surface area contributed by atoms with Crippen LogP contribution < -0.4 is 0 Å². The fourth-order valence-corrected chi connectivity index (χ4v) is 5.15. The van der Waals surface area contributed by atoms with E-state index < -0.39 is 0 Å². The quantitative estimate of drug-likeness (QED) is 0.503. The molecule has 2 unspecified atom stereocenters. The van der Waals surface area contributed by atoms with Crippen LogP contribution in [0.1, 0.15) is 81.1 Å². The second kappa shape index (κ2) is 7.07. The maximum atomic E-state index is 2.46. The van der Waals surface area contributed by atoms with E-state index in [1.54, 1.807) is 0 Å². The molecule has 0 heterocycles. The average Bonchev–Trinajstić information content (AvgIpc) is 2.15. The van der Waals surface area contributed by atoms with E-state index in [0.717, 1.165) is 11.8 Å². The topological polar surface area (TPSA) is 0 Å². The zero-order chi connectivity index (χ0) is 13.7. The smallest absolute Gasteiger partial charge is 0.0137 e. The van der Waals surface area contributed by atoms with Gasteiger partial charge < -0.3 is 0 Å². The minimum absolute atomic E-state index is 0.452. The first-order valence-electron chi connectivity index (χ1n) is 7.36. The van der Waals surface area contributed by atoms with Gasteiger partial charge in [-0.05, 0) is 37.5 Å². The predicted octanol–water partition coefficient (Wildman–Crippen LogP) is 6.15. The summed E-state index contributed by atoms with van der Waals surface area (Å²) < 4.78 is 0.904. The molecule has 0 rings (SSSR count). The van der Waals surface area contributed by atoms with Gasteiger partial charge in [0.05, 0.1) is 0 Å². The van der Waals surface area contributed by atoms with Crippen LogP contribution in [0.4, 0.5) is 0 Å². The predicted molar refractivity (Wildman–Crippen MR) is 83.9 cm³/mol. The standard InChI is InChI=1S/C16H34S/c1-9-15(7,11-13(3)4)17-16(8,10-2)12-14(5)6/h13-14H,9-12H2,1-8H3. The highest BCUT2D eigenvalue weighted by atomic mass is 32.2. The zero-order valence-electron chi connectivity index (χ0n) is 13.4. The van der Waals surface area contributed by atoms with E-state index in [2.05, 4.69) is 67.2 Å². The molecule has 0 aromatic heterocycles. The van der Waals surface area contributed by atoms with Crippen LogP contribution in [0.15, 0.2) is 0 Å². The third-order valence-electron chi connectivity index (χ3n) is 3.67. The van der Waals surface area contributed by atoms with Crippen LogP contribution in [-0.4, -0.2) is 9.49 Å². The molecule has 0 aromatic rings. The van der Waals surface area contributed by atoms with Crippen molar-refractivity contribution in [2.45, 2.75) is 90.6 Å². The molecule has 2 atom stereocenters. The summed E-state index contributed by atoms with van der Waals surface area (Å²) in [4.78, 5) is 0. The molecule has 0 bridgehead atoms. The Morgan fingerprint density at radius 2 is 1.06 bits per heavy atom. The van der Waals surface area contributed by atoms with Gasteiger partial charge in [-0.25, -0.2) is 0 Å². The monoisotopic (exact) mass is 258 g/mol. The van der Waals surface area contributed by atoms with Crippen molar-refractivity contribution in [3.8, 4) is 0 Å². The van der Waals surface area contributed by atoms with E-state index in [1.165, 1.54) is 25.7 Å². The lowest BCUT2D eigenvalue weighted by atomic mass is 9.94. The van der Waals surface area contributed by atoms with Gasteiger partial charge in [0.25, 0.3) is 0 Å². The van der Waals surface area contributed by atoms with Gasteiger partial charge in [-0.2, -0.15) is 0 Å². The summed E-state index contributed by atoms with van der Waals surface area (Å²) in [6.45, 7) is 19.0. The number of rotatable bonds is 8. The lowest BCUT2D eigenvalue weighted by Gasteiger charge is -2.40. The maximum Gasteiger partial charge on any atom is 0.0137 e. The minimum atomic E-state index is 0.452. The molecule has 0 aromatic carbocycles. The molecule has 17 heavy (non-hydrogen) atoms. The molecule has 0 aliphatic carbocycles. The number of hydrogen-bond acceptors (Lipinski definition) is 1. The SMILES string of the molecule is CCC(C)(CC(C)C)SC(C)(CC)CC(C)C. The van der Waals surface area contributed by atoms with Crippen molar-refractivity contribution in [2.24, 2.45) is 11.8 Å². The van der Waals surface area contributed by atoms with E-state index in [0.29, 0.717) is 9.49 Å². The third-order valence-corrected chi connectivity index (χ3v) is 5.56. The van der Waals surface area contributed by atoms with Gasteiger partial charge in [-0.1, -0.05) is 55.4 Å². The molecule has 104 valence electrons. The van der Waals surface area contributed by atoms with Crippen molar-refractivity contribution in [3.63, 3.8) is 0 Å². The van der Waals surface area contributed by atoms with Crippen LogP contribution in [0.25, 0.3) is 0 Å². The summed E-state index contributed by atoms with van der Waals surface area (Å²) in [6, 6.07) is 0. The highest BCUT2D eigenvalue weighted by Gasteiger charge is 2.34. The molecule has 0 nitrogen and oxygen atoms in total. The van der Waals surface area contributed by atoms with Gasteiger partial charge in [0.2, 0.25) is 0 Å². The Morgan fingerprint density at radius 3 is 1.24 bits per heavy atom. The number of thioether (sulfide) groups is 1. The summed E-state index contributed by atoms with van der Waals surface area (Å²) in [6.07, 6.45) is 5.23. The highest BCUT2D eigenvalue weighted by molar-refractivity contribution is 8.01. The molecular formula is C16H34S.